The van der Waals surface area contributed by atoms with Gasteiger partial charge in [-0.15, -0.1) is 5.10 Å². The van der Waals surface area contributed by atoms with Gasteiger partial charge >= 0.3 is 6.01 Å². The number of nitrogens with one attached hydrogen (secondary N) is 1. The lowest BCUT2D eigenvalue weighted by atomic mass is 10.2. The molecule has 1 amide bonds. The van der Waals surface area contributed by atoms with E-state index >= 15 is 0 Å². The van der Waals surface area contributed by atoms with Gasteiger partial charge in [-0.25, -0.2) is 0 Å². The first-order valence-electron chi connectivity index (χ1n) is 8.71. The van der Waals surface area contributed by atoms with Gasteiger partial charge in [0.1, 0.15) is 11.5 Å². The van der Waals surface area contributed by atoms with Gasteiger partial charge in [0.2, 0.25) is 5.89 Å². The Morgan fingerprint density at radius 2 is 1.74 bits per heavy atom. The van der Waals surface area contributed by atoms with Crippen LogP contribution in [0.5, 0.6) is 11.5 Å². The van der Waals surface area contributed by atoms with Crippen LogP contribution in [0.1, 0.15) is 30.1 Å². The summed E-state index contributed by atoms with van der Waals surface area (Å²) in [7, 11) is 1.60. The molecule has 3 rings (SSSR count). The lowest BCUT2D eigenvalue weighted by molar-refractivity contribution is 0.102. The SMILES string of the molecule is CCCCOc1ccc(C(=O)Nc2nnc(-c3ccc(OC)cc3)o2)cc1. The standard InChI is InChI=1S/C20H21N3O4/c1-3-4-13-26-17-11-5-14(6-12-17)18(24)21-20-23-22-19(27-20)15-7-9-16(25-2)10-8-15/h5-12H,3-4,13H2,1-2H3,(H,21,23,24). The zero-order valence-electron chi connectivity index (χ0n) is 15.3. The lowest BCUT2D eigenvalue weighted by Crippen LogP contribution is -2.12. The summed E-state index contributed by atoms with van der Waals surface area (Å²) >= 11 is 0. The minimum atomic E-state index is -0.333. The summed E-state index contributed by atoms with van der Waals surface area (Å²) in [6.07, 6.45) is 2.07. The Bertz CT molecular complexity index is 873. The number of nitrogens with zero attached hydrogens (tertiary/aromatic N) is 2. The van der Waals surface area contributed by atoms with Crippen LogP contribution in [0.2, 0.25) is 0 Å². The summed E-state index contributed by atoms with van der Waals surface area (Å²) < 4.78 is 16.2. The molecule has 27 heavy (non-hydrogen) atoms. The van der Waals surface area contributed by atoms with Crippen molar-refractivity contribution in [2.24, 2.45) is 0 Å². The molecule has 0 aliphatic carbocycles. The Hall–Kier alpha value is -3.35. The number of ether oxygens (including phenoxy) is 2. The number of aromatic nitrogens is 2. The van der Waals surface area contributed by atoms with Crippen LogP contribution in [-0.2, 0) is 0 Å². The second-order valence-electron chi connectivity index (χ2n) is 5.82. The second-order valence-corrected chi connectivity index (χ2v) is 5.82. The molecular formula is C20H21N3O4. The number of benzene rings is 2. The molecule has 0 unspecified atom stereocenters. The van der Waals surface area contributed by atoms with Crippen molar-refractivity contribution in [1.82, 2.24) is 10.2 Å². The zero-order chi connectivity index (χ0) is 19.1. The monoisotopic (exact) mass is 367 g/mol. The summed E-state index contributed by atoms with van der Waals surface area (Å²) in [5, 5.41) is 10.4. The maximum Gasteiger partial charge on any atom is 0.322 e. The van der Waals surface area contributed by atoms with Crippen molar-refractivity contribution in [3.8, 4) is 23.0 Å². The zero-order valence-corrected chi connectivity index (χ0v) is 15.3. The Kier molecular flexibility index (Phi) is 6.04. The van der Waals surface area contributed by atoms with E-state index in [1.165, 1.54) is 0 Å². The smallest absolute Gasteiger partial charge is 0.322 e. The van der Waals surface area contributed by atoms with Gasteiger partial charge in [0.25, 0.3) is 5.91 Å². The van der Waals surface area contributed by atoms with Crippen molar-refractivity contribution >= 4 is 11.9 Å². The highest BCUT2D eigenvalue weighted by Crippen LogP contribution is 2.23. The van der Waals surface area contributed by atoms with E-state index in [9.17, 15) is 4.79 Å². The van der Waals surface area contributed by atoms with Crippen molar-refractivity contribution in [1.29, 1.82) is 0 Å². The summed E-state index contributed by atoms with van der Waals surface area (Å²) in [5.41, 5.74) is 1.21. The first-order valence-corrected chi connectivity index (χ1v) is 8.71. The number of amides is 1. The van der Waals surface area contributed by atoms with Gasteiger partial charge in [-0.1, -0.05) is 18.4 Å². The largest absolute Gasteiger partial charge is 0.497 e. The number of unbranched alkanes of at least 4 members (excludes halogenated alkanes) is 1. The minimum Gasteiger partial charge on any atom is -0.497 e. The average molecular weight is 367 g/mol. The van der Waals surface area contributed by atoms with Gasteiger partial charge < -0.3 is 13.9 Å². The molecule has 0 saturated carbocycles. The molecule has 140 valence electrons. The van der Waals surface area contributed by atoms with Crippen LogP contribution in [-0.4, -0.2) is 29.8 Å². The van der Waals surface area contributed by atoms with E-state index in [1.54, 1.807) is 55.6 Å². The number of carbonyl (C=O) groups is 1. The third-order valence-corrected chi connectivity index (χ3v) is 3.87. The van der Waals surface area contributed by atoms with Gasteiger partial charge in [-0.2, -0.15) is 0 Å². The van der Waals surface area contributed by atoms with Crippen molar-refractivity contribution < 1.29 is 18.7 Å². The Morgan fingerprint density at radius 3 is 2.41 bits per heavy atom. The van der Waals surface area contributed by atoms with Crippen molar-refractivity contribution in [3.05, 3.63) is 54.1 Å². The molecule has 7 nitrogen and oxygen atoms in total. The number of methoxy groups -OCH3 is 1. The molecule has 0 spiro atoms. The van der Waals surface area contributed by atoms with Gasteiger partial charge in [0.15, 0.2) is 0 Å². The second kappa shape index (κ2) is 8.84. The van der Waals surface area contributed by atoms with Crippen LogP contribution in [0.4, 0.5) is 6.01 Å². The molecule has 3 aromatic rings. The molecule has 0 atom stereocenters. The van der Waals surface area contributed by atoms with Gasteiger partial charge in [-0.3, -0.25) is 10.1 Å². The number of anilines is 1. The normalized spacial score (nSPS) is 10.4. The lowest BCUT2D eigenvalue weighted by Gasteiger charge is -2.06. The molecule has 0 aliphatic rings. The van der Waals surface area contributed by atoms with Crippen molar-refractivity contribution in [3.63, 3.8) is 0 Å². The molecule has 1 aromatic heterocycles. The van der Waals surface area contributed by atoms with Crippen molar-refractivity contribution in [2.45, 2.75) is 19.8 Å². The van der Waals surface area contributed by atoms with Crippen molar-refractivity contribution in [2.75, 3.05) is 19.0 Å². The minimum absolute atomic E-state index is 0.0362. The molecule has 0 radical (unpaired) electrons. The Labute approximate surface area is 157 Å². The highest BCUT2D eigenvalue weighted by molar-refractivity contribution is 6.03. The van der Waals surface area contributed by atoms with E-state index in [2.05, 4.69) is 22.4 Å². The Balaban J connectivity index is 1.61. The van der Waals surface area contributed by atoms with Crippen LogP contribution in [0, 0.1) is 0 Å². The first-order chi connectivity index (χ1) is 13.2. The van der Waals surface area contributed by atoms with Crippen LogP contribution in [0.25, 0.3) is 11.5 Å². The molecule has 0 saturated heterocycles. The predicted octanol–water partition coefficient (Wildman–Crippen LogP) is 4.18. The molecule has 0 aliphatic heterocycles. The van der Waals surface area contributed by atoms with Gasteiger partial charge in [-0.05, 0) is 55.0 Å². The summed E-state index contributed by atoms with van der Waals surface area (Å²) in [6.45, 7) is 2.77. The number of carbonyl (C=O) groups excluding carboxylic acids is 1. The third kappa shape index (κ3) is 4.84. The van der Waals surface area contributed by atoms with Crippen LogP contribution >= 0.6 is 0 Å². The van der Waals surface area contributed by atoms with Crippen LogP contribution in [0.3, 0.4) is 0 Å². The van der Waals surface area contributed by atoms with Gasteiger partial charge in [0, 0.05) is 11.1 Å². The highest BCUT2D eigenvalue weighted by Gasteiger charge is 2.13. The summed E-state index contributed by atoms with van der Waals surface area (Å²) in [5.74, 6) is 1.45. The van der Waals surface area contributed by atoms with E-state index in [-0.39, 0.29) is 11.9 Å². The molecular weight excluding hydrogens is 346 g/mol. The molecule has 0 bridgehead atoms. The van der Waals surface area contributed by atoms with Gasteiger partial charge in [0.05, 0.1) is 13.7 Å². The maximum atomic E-state index is 12.3. The highest BCUT2D eigenvalue weighted by atomic mass is 16.5. The van der Waals surface area contributed by atoms with E-state index in [0.717, 1.165) is 29.9 Å². The summed E-state index contributed by atoms with van der Waals surface area (Å²) in [6, 6.07) is 14.1. The van der Waals surface area contributed by atoms with E-state index in [1.807, 2.05) is 0 Å². The van der Waals surface area contributed by atoms with E-state index < -0.39 is 0 Å². The number of hydrogen-bond acceptors (Lipinski definition) is 6. The predicted molar refractivity (Wildman–Crippen MR) is 101 cm³/mol. The fourth-order valence-corrected chi connectivity index (χ4v) is 2.33. The fraction of sp³-hybridized carbons (Fsp3) is 0.250. The number of hydrogen-bond donors (Lipinski definition) is 1. The summed E-state index contributed by atoms with van der Waals surface area (Å²) in [4.78, 5) is 12.3. The number of rotatable bonds is 8. The molecule has 7 heteroatoms. The molecule has 0 fully saturated rings. The first kappa shape index (κ1) is 18.4. The quantitative estimate of drug-likeness (QED) is 0.601. The molecule has 1 N–H and O–H groups in total. The topological polar surface area (TPSA) is 86.5 Å². The fourth-order valence-electron chi connectivity index (χ4n) is 2.33. The average Bonchev–Trinajstić information content (AvgIpc) is 3.17. The van der Waals surface area contributed by atoms with E-state index in [0.29, 0.717) is 18.1 Å². The molecule has 1 heterocycles. The molecule has 2 aromatic carbocycles. The third-order valence-electron chi connectivity index (χ3n) is 3.87. The van der Waals surface area contributed by atoms with Crippen LogP contribution < -0.4 is 14.8 Å². The van der Waals surface area contributed by atoms with E-state index in [4.69, 9.17) is 13.9 Å². The maximum absolute atomic E-state index is 12.3. The van der Waals surface area contributed by atoms with Crippen LogP contribution in [0.15, 0.2) is 52.9 Å². The Morgan fingerprint density at radius 1 is 1.04 bits per heavy atom.